The van der Waals surface area contributed by atoms with E-state index in [1.165, 1.54) is 6.42 Å². The van der Waals surface area contributed by atoms with Gasteiger partial charge in [-0.15, -0.1) is 0 Å². The van der Waals surface area contributed by atoms with Crippen LogP contribution in [0.3, 0.4) is 0 Å². The highest BCUT2D eigenvalue weighted by Gasteiger charge is 2.30. The molecule has 0 aromatic carbocycles. The Morgan fingerprint density at radius 1 is 1.45 bits per heavy atom. The molecule has 0 amide bonds. The summed E-state index contributed by atoms with van der Waals surface area (Å²) in [7, 11) is 0. The van der Waals surface area contributed by atoms with Gasteiger partial charge >= 0.3 is 0 Å². The summed E-state index contributed by atoms with van der Waals surface area (Å²) in [5.74, 6) is 0.302. The number of Topliss-reactive ketones (excluding diaryl/α,β-unsaturated/α-hetero) is 1. The molecule has 1 heterocycles. The number of carbonyl (C=O) groups is 1. The van der Waals surface area contributed by atoms with Crippen molar-refractivity contribution in [3.8, 4) is 0 Å². The van der Waals surface area contributed by atoms with E-state index in [1.54, 1.807) is 6.92 Å². The fourth-order valence-corrected chi connectivity index (χ4v) is 1.79. The predicted molar refractivity (Wildman–Crippen MR) is 45.5 cm³/mol. The van der Waals surface area contributed by atoms with Crippen LogP contribution < -0.4 is 0 Å². The molecule has 2 nitrogen and oxygen atoms in total. The first-order valence-electron chi connectivity index (χ1n) is 4.36. The van der Waals surface area contributed by atoms with Crippen LogP contribution in [0.25, 0.3) is 0 Å². The number of likely N-dealkylation sites (tertiary alicyclic amines) is 1. The Kier molecular flexibility index (Phi) is 2.66. The van der Waals surface area contributed by atoms with Gasteiger partial charge in [0.1, 0.15) is 5.78 Å². The van der Waals surface area contributed by atoms with Gasteiger partial charge < -0.3 is 0 Å². The lowest BCUT2D eigenvalue weighted by Crippen LogP contribution is -2.53. The van der Waals surface area contributed by atoms with Crippen molar-refractivity contribution in [3.63, 3.8) is 0 Å². The van der Waals surface area contributed by atoms with Crippen molar-refractivity contribution >= 4 is 5.78 Å². The number of ketones is 1. The third-order valence-electron chi connectivity index (χ3n) is 2.54. The summed E-state index contributed by atoms with van der Waals surface area (Å²) >= 11 is 0. The molecule has 1 aliphatic rings. The van der Waals surface area contributed by atoms with Gasteiger partial charge in [-0.3, -0.25) is 9.69 Å². The molecule has 1 aliphatic heterocycles. The largest absolute Gasteiger partial charge is 0.300 e. The van der Waals surface area contributed by atoms with E-state index in [0.717, 1.165) is 6.54 Å². The lowest BCUT2D eigenvalue weighted by atomic mass is 9.95. The van der Waals surface area contributed by atoms with Gasteiger partial charge in [-0.1, -0.05) is 0 Å². The molecule has 1 saturated heterocycles. The summed E-state index contributed by atoms with van der Waals surface area (Å²) < 4.78 is 0. The smallest absolute Gasteiger partial charge is 0.131 e. The van der Waals surface area contributed by atoms with Crippen LogP contribution in [0.1, 0.15) is 33.6 Å². The Hall–Kier alpha value is -0.370. The lowest BCUT2D eigenvalue weighted by molar-refractivity contribution is -0.118. The first-order valence-corrected chi connectivity index (χ1v) is 4.36. The minimum Gasteiger partial charge on any atom is -0.300 e. The van der Waals surface area contributed by atoms with E-state index in [9.17, 15) is 4.79 Å². The summed E-state index contributed by atoms with van der Waals surface area (Å²) in [6.45, 7) is 7.06. The Labute approximate surface area is 68.6 Å². The van der Waals surface area contributed by atoms with Gasteiger partial charge in [0.25, 0.3) is 0 Å². The molecule has 1 fully saturated rings. The van der Waals surface area contributed by atoms with Gasteiger partial charge in [0.15, 0.2) is 0 Å². The number of carbonyl (C=O) groups excluding carboxylic acids is 1. The van der Waals surface area contributed by atoms with Crippen LogP contribution in [0.2, 0.25) is 0 Å². The van der Waals surface area contributed by atoms with E-state index < -0.39 is 0 Å². The molecule has 0 N–H and O–H groups in total. The monoisotopic (exact) mass is 155 g/mol. The second-order valence-electron chi connectivity index (χ2n) is 3.62. The lowest BCUT2D eigenvalue weighted by Gasteiger charge is -2.45. The number of hydrogen-bond acceptors (Lipinski definition) is 2. The molecule has 0 aliphatic carbocycles. The van der Waals surface area contributed by atoms with Crippen molar-refractivity contribution in [2.75, 3.05) is 6.54 Å². The highest BCUT2D eigenvalue weighted by molar-refractivity contribution is 5.75. The summed E-state index contributed by atoms with van der Waals surface area (Å²) in [6.07, 6.45) is 2.01. The normalized spacial score (nSPS) is 31.5. The fourth-order valence-electron chi connectivity index (χ4n) is 1.79. The quantitative estimate of drug-likeness (QED) is 0.614. The Bertz CT molecular complexity index is 148. The molecule has 2 unspecified atom stereocenters. The number of rotatable bonds is 3. The molecule has 11 heavy (non-hydrogen) atoms. The van der Waals surface area contributed by atoms with Crippen molar-refractivity contribution in [2.45, 2.75) is 45.7 Å². The van der Waals surface area contributed by atoms with Crippen LogP contribution in [0.15, 0.2) is 0 Å². The molecule has 64 valence electrons. The highest BCUT2D eigenvalue weighted by Crippen LogP contribution is 2.24. The van der Waals surface area contributed by atoms with Crippen molar-refractivity contribution < 1.29 is 4.79 Å². The van der Waals surface area contributed by atoms with Gasteiger partial charge in [0, 0.05) is 25.0 Å². The minimum absolute atomic E-state index is 0.302. The predicted octanol–water partition coefficient (Wildman–Crippen LogP) is 1.45. The summed E-state index contributed by atoms with van der Waals surface area (Å²) in [4.78, 5) is 13.1. The molecular formula is C9H17NO. The molecule has 0 saturated carbocycles. The molecule has 1 rings (SSSR count). The maximum absolute atomic E-state index is 10.7. The average Bonchev–Trinajstić information content (AvgIpc) is 1.86. The number of hydrogen-bond donors (Lipinski definition) is 0. The van der Waals surface area contributed by atoms with E-state index >= 15 is 0 Å². The van der Waals surface area contributed by atoms with Crippen LogP contribution in [-0.4, -0.2) is 29.3 Å². The molecule has 0 bridgehead atoms. The van der Waals surface area contributed by atoms with E-state index in [2.05, 4.69) is 18.7 Å². The molecule has 0 radical (unpaired) electrons. The van der Waals surface area contributed by atoms with Gasteiger partial charge in [0.05, 0.1) is 0 Å². The first-order chi connectivity index (χ1) is 5.11. The van der Waals surface area contributed by atoms with E-state index in [-0.39, 0.29) is 0 Å². The van der Waals surface area contributed by atoms with Gasteiger partial charge in [0.2, 0.25) is 0 Å². The molecule has 0 aromatic heterocycles. The maximum Gasteiger partial charge on any atom is 0.131 e. The third kappa shape index (κ3) is 2.03. The standard InChI is InChI=1S/C9H17NO/c1-7-6-8(2)10(7)5-4-9(3)11/h7-8H,4-6H2,1-3H3. The Balaban J connectivity index is 2.20. The van der Waals surface area contributed by atoms with Crippen molar-refractivity contribution in [3.05, 3.63) is 0 Å². The van der Waals surface area contributed by atoms with Crippen LogP contribution in [0.5, 0.6) is 0 Å². The zero-order valence-electron chi connectivity index (χ0n) is 7.63. The number of nitrogens with zero attached hydrogens (tertiary/aromatic N) is 1. The summed E-state index contributed by atoms with van der Waals surface area (Å²) in [5, 5.41) is 0. The Morgan fingerprint density at radius 3 is 2.36 bits per heavy atom. The van der Waals surface area contributed by atoms with Crippen LogP contribution >= 0.6 is 0 Å². The van der Waals surface area contributed by atoms with Crippen LogP contribution in [-0.2, 0) is 4.79 Å². The second-order valence-corrected chi connectivity index (χ2v) is 3.62. The zero-order valence-corrected chi connectivity index (χ0v) is 7.63. The topological polar surface area (TPSA) is 20.3 Å². The SMILES string of the molecule is CC(=O)CCN1C(C)CC1C. The van der Waals surface area contributed by atoms with Crippen molar-refractivity contribution in [2.24, 2.45) is 0 Å². The van der Waals surface area contributed by atoms with E-state index in [4.69, 9.17) is 0 Å². The van der Waals surface area contributed by atoms with Crippen molar-refractivity contribution in [1.82, 2.24) is 4.90 Å². The third-order valence-corrected chi connectivity index (χ3v) is 2.54. The van der Waals surface area contributed by atoms with Crippen molar-refractivity contribution in [1.29, 1.82) is 0 Å². The highest BCUT2D eigenvalue weighted by atomic mass is 16.1. The van der Waals surface area contributed by atoms with Gasteiger partial charge in [-0.25, -0.2) is 0 Å². The van der Waals surface area contributed by atoms with Crippen LogP contribution in [0.4, 0.5) is 0 Å². The molecule has 2 heteroatoms. The van der Waals surface area contributed by atoms with E-state index in [0.29, 0.717) is 24.3 Å². The molecular weight excluding hydrogens is 138 g/mol. The molecule has 2 atom stereocenters. The Morgan fingerprint density at radius 2 is 2.00 bits per heavy atom. The zero-order chi connectivity index (χ0) is 8.43. The first kappa shape index (κ1) is 8.72. The average molecular weight is 155 g/mol. The summed E-state index contributed by atoms with van der Waals surface area (Å²) in [5.41, 5.74) is 0. The van der Waals surface area contributed by atoms with Gasteiger partial charge in [-0.05, 0) is 27.2 Å². The maximum atomic E-state index is 10.7. The minimum atomic E-state index is 0.302. The van der Waals surface area contributed by atoms with Crippen LogP contribution in [0, 0.1) is 0 Å². The molecule has 0 aromatic rings. The van der Waals surface area contributed by atoms with E-state index in [1.807, 2.05) is 0 Å². The molecule has 0 spiro atoms. The summed E-state index contributed by atoms with van der Waals surface area (Å²) in [6, 6.07) is 1.40. The van der Waals surface area contributed by atoms with Gasteiger partial charge in [-0.2, -0.15) is 0 Å². The second kappa shape index (κ2) is 3.35. The fraction of sp³-hybridized carbons (Fsp3) is 0.889.